The number of halogens is 1. The zero-order valence-corrected chi connectivity index (χ0v) is 7.54. The van der Waals surface area contributed by atoms with Crippen molar-refractivity contribution in [2.75, 3.05) is 0 Å². The van der Waals surface area contributed by atoms with E-state index in [-0.39, 0.29) is 11.9 Å². The van der Waals surface area contributed by atoms with Crippen LogP contribution in [0.1, 0.15) is 24.4 Å². The molecule has 1 unspecified atom stereocenters. The van der Waals surface area contributed by atoms with Gasteiger partial charge >= 0.3 is 0 Å². The first kappa shape index (κ1) is 9.93. The van der Waals surface area contributed by atoms with Gasteiger partial charge in [0.15, 0.2) is 0 Å². The fraction of sp³-hybridized carbons (Fsp3) is 0.273. The Morgan fingerprint density at radius 2 is 2.31 bits per heavy atom. The fourth-order valence-corrected chi connectivity index (χ4v) is 1.20. The van der Waals surface area contributed by atoms with E-state index < -0.39 is 0 Å². The summed E-state index contributed by atoms with van der Waals surface area (Å²) in [6, 6.07) is 6.33. The first-order valence-corrected chi connectivity index (χ1v) is 4.36. The molecule has 0 saturated carbocycles. The highest BCUT2D eigenvalue weighted by Gasteiger charge is 2.04. The van der Waals surface area contributed by atoms with Gasteiger partial charge < -0.3 is 5.73 Å². The van der Waals surface area contributed by atoms with Gasteiger partial charge in [-0.1, -0.05) is 18.2 Å². The summed E-state index contributed by atoms with van der Waals surface area (Å²) in [6.07, 6.45) is 3.49. The van der Waals surface area contributed by atoms with E-state index >= 15 is 0 Å². The molecule has 1 rings (SSSR count). The molecular weight excluding hydrogens is 165 g/mol. The molecule has 0 amide bonds. The van der Waals surface area contributed by atoms with Crippen LogP contribution in [0.2, 0.25) is 0 Å². The van der Waals surface area contributed by atoms with Crippen LogP contribution in [-0.4, -0.2) is 0 Å². The van der Waals surface area contributed by atoms with Crippen molar-refractivity contribution in [1.82, 2.24) is 0 Å². The summed E-state index contributed by atoms with van der Waals surface area (Å²) in [6.45, 7) is 3.61. The van der Waals surface area contributed by atoms with Crippen molar-refractivity contribution < 1.29 is 4.39 Å². The predicted octanol–water partition coefficient (Wildman–Crippen LogP) is 2.79. The normalized spacial score (nSPS) is 12.5. The fourth-order valence-electron chi connectivity index (χ4n) is 1.20. The van der Waals surface area contributed by atoms with Gasteiger partial charge in [0.1, 0.15) is 5.82 Å². The number of rotatable bonds is 4. The zero-order valence-electron chi connectivity index (χ0n) is 7.54. The molecule has 0 aliphatic heterocycles. The van der Waals surface area contributed by atoms with Crippen LogP contribution in [0, 0.1) is 5.82 Å². The summed E-state index contributed by atoms with van der Waals surface area (Å²) in [7, 11) is 0. The van der Waals surface area contributed by atoms with Crippen LogP contribution in [0.3, 0.4) is 0 Å². The minimum absolute atomic E-state index is 0.0892. The predicted molar refractivity (Wildman–Crippen MR) is 52.8 cm³/mol. The topological polar surface area (TPSA) is 26.0 Å². The van der Waals surface area contributed by atoms with Gasteiger partial charge in [-0.05, 0) is 30.5 Å². The van der Waals surface area contributed by atoms with Crippen LogP contribution in [-0.2, 0) is 0 Å². The number of nitrogens with two attached hydrogens (primary N) is 1. The molecule has 0 radical (unpaired) electrons. The Balaban J connectivity index is 2.65. The number of hydrogen-bond acceptors (Lipinski definition) is 1. The summed E-state index contributed by atoms with van der Waals surface area (Å²) in [4.78, 5) is 0. The second kappa shape index (κ2) is 4.77. The van der Waals surface area contributed by atoms with Gasteiger partial charge in [-0.2, -0.15) is 0 Å². The Bertz CT molecular complexity index is 283. The number of allylic oxidation sites excluding steroid dienone is 1. The Hall–Kier alpha value is -1.15. The van der Waals surface area contributed by atoms with Crippen LogP contribution in [0.15, 0.2) is 36.9 Å². The number of benzene rings is 1. The van der Waals surface area contributed by atoms with E-state index in [9.17, 15) is 4.39 Å². The van der Waals surface area contributed by atoms with Crippen molar-refractivity contribution in [3.8, 4) is 0 Å². The SMILES string of the molecule is C=CCCC(N)c1cccc(F)c1. The van der Waals surface area contributed by atoms with Crippen molar-refractivity contribution in [3.05, 3.63) is 48.3 Å². The molecule has 0 saturated heterocycles. The zero-order chi connectivity index (χ0) is 9.68. The van der Waals surface area contributed by atoms with Gasteiger partial charge in [0.05, 0.1) is 0 Å². The highest BCUT2D eigenvalue weighted by Crippen LogP contribution is 2.16. The average Bonchev–Trinajstić information content (AvgIpc) is 2.14. The third-order valence-corrected chi connectivity index (χ3v) is 1.96. The lowest BCUT2D eigenvalue weighted by Gasteiger charge is -2.10. The summed E-state index contributed by atoms with van der Waals surface area (Å²) in [5, 5.41) is 0. The van der Waals surface area contributed by atoms with Crippen molar-refractivity contribution in [2.24, 2.45) is 5.73 Å². The smallest absolute Gasteiger partial charge is 0.123 e. The van der Waals surface area contributed by atoms with E-state index in [0.29, 0.717) is 0 Å². The molecule has 70 valence electrons. The second-order valence-electron chi connectivity index (χ2n) is 3.03. The van der Waals surface area contributed by atoms with Crippen molar-refractivity contribution in [1.29, 1.82) is 0 Å². The Morgan fingerprint density at radius 1 is 1.54 bits per heavy atom. The summed E-state index contributed by atoms with van der Waals surface area (Å²) in [5.74, 6) is -0.230. The quantitative estimate of drug-likeness (QED) is 0.707. The lowest BCUT2D eigenvalue weighted by Crippen LogP contribution is -2.09. The largest absolute Gasteiger partial charge is 0.324 e. The second-order valence-corrected chi connectivity index (χ2v) is 3.03. The molecule has 2 heteroatoms. The molecule has 1 aromatic carbocycles. The van der Waals surface area contributed by atoms with Crippen molar-refractivity contribution in [3.63, 3.8) is 0 Å². The molecule has 0 aromatic heterocycles. The molecule has 1 aromatic rings. The Kier molecular flexibility index (Phi) is 3.65. The maximum absolute atomic E-state index is 12.8. The average molecular weight is 179 g/mol. The molecule has 1 atom stereocenters. The molecule has 0 heterocycles. The van der Waals surface area contributed by atoms with Crippen molar-refractivity contribution >= 4 is 0 Å². The van der Waals surface area contributed by atoms with E-state index in [1.54, 1.807) is 6.07 Å². The van der Waals surface area contributed by atoms with E-state index in [0.717, 1.165) is 18.4 Å². The van der Waals surface area contributed by atoms with Gasteiger partial charge in [-0.3, -0.25) is 0 Å². The first-order chi connectivity index (χ1) is 6.24. The van der Waals surface area contributed by atoms with Crippen LogP contribution < -0.4 is 5.73 Å². The van der Waals surface area contributed by atoms with E-state index in [2.05, 4.69) is 6.58 Å². The molecule has 1 nitrogen and oxygen atoms in total. The molecule has 0 aliphatic carbocycles. The lowest BCUT2D eigenvalue weighted by molar-refractivity contribution is 0.611. The molecule has 13 heavy (non-hydrogen) atoms. The van der Waals surface area contributed by atoms with Gasteiger partial charge in [-0.15, -0.1) is 6.58 Å². The minimum atomic E-state index is -0.230. The van der Waals surface area contributed by atoms with Gasteiger partial charge in [-0.25, -0.2) is 4.39 Å². The molecule has 0 spiro atoms. The summed E-state index contributed by atoms with van der Waals surface area (Å²) >= 11 is 0. The first-order valence-electron chi connectivity index (χ1n) is 4.36. The van der Waals surface area contributed by atoms with Crippen LogP contribution >= 0.6 is 0 Å². The van der Waals surface area contributed by atoms with Crippen LogP contribution in [0.5, 0.6) is 0 Å². The maximum atomic E-state index is 12.8. The summed E-state index contributed by atoms with van der Waals surface area (Å²) in [5.41, 5.74) is 6.68. The number of hydrogen-bond donors (Lipinski definition) is 1. The van der Waals surface area contributed by atoms with E-state index in [1.165, 1.54) is 12.1 Å². The summed E-state index contributed by atoms with van der Waals surface area (Å²) < 4.78 is 12.8. The van der Waals surface area contributed by atoms with E-state index in [4.69, 9.17) is 5.73 Å². The van der Waals surface area contributed by atoms with Crippen LogP contribution in [0.25, 0.3) is 0 Å². The molecule has 0 aliphatic rings. The highest BCUT2D eigenvalue weighted by molar-refractivity contribution is 5.19. The molecule has 0 bridgehead atoms. The van der Waals surface area contributed by atoms with Crippen LogP contribution in [0.4, 0.5) is 4.39 Å². The van der Waals surface area contributed by atoms with Gasteiger partial charge in [0.2, 0.25) is 0 Å². The third-order valence-electron chi connectivity index (χ3n) is 1.96. The standard InChI is InChI=1S/C11H14FN/c1-2-3-7-11(13)9-5-4-6-10(12)8-9/h2,4-6,8,11H,1,3,7,13H2. The maximum Gasteiger partial charge on any atom is 0.123 e. The Labute approximate surface area is 78.1 Å². The van der Waals surface area contributed by atoms with Gasteiger partial charge in [0.25, 0.3) is 0 Å². The van der Waals surface area contributed by atoms with Crippen molar-refractivity contribution in [2.45, 2.75) is 18.9 Å². The van der Waals surface area contributed by atoms with Gasteiger partial charge in [0, 0.05) is 6.04 Å². The van der Waals surface area contributed by atoms with E-state index in [1.807, 2.05) is 12.1 Å². The molecule has 2 N–H and O–H groups in total. The third kappa shape index (κ3) is 2.99. The molecular formula is C11H14FN. The minimum Gasteiger partial charge on any atom is -0.324 e. The monoisotopic (exact) mass is 179 g/mol. The molecule has 0 fully saturated rings. The lowest BCUT2D eigenvalue weighted by atomic mass is 10.0. The highest BCUT2D eigenvalue weighted by atomic mass is 19.1. The Morgan fingerprint density at radius 3 is 2.92 bits per heavy atom.